The van der Waals surface area contributed by atoms with Gasteiger partial charge in [0.05, 0.1) is 11.8 Å². The molecule has 1 heterocycles. The van der Waals surface area contributed by atoms with E-state index in [0.717, 1.165) is 30.4 Å². The van der Waals surface area contributed by atoms with Crippen LogP contribution in [0.25, 0.3) is 6.08 Å². The first kappa shape index (κ1) is 12.9. The molecule has 4 atom stereocenters. The maximum absolute atomic E-state index is 10.1. The van der Waals surface area contributed by atoms with Gasteiger partial charge in [-0.25, -0.2) is 0 Å². The monoisotopic (exact) mass is 257 g/mol. The SMILES string of the molecule is O[C@H]1C[C@@H]2CCCC[C@H]2[C@H](/C=C/c2ccccn2)C1. The van der Waals surface area contributed by atoms with Crippen LogP contribution in [0.2, 0.25) is 0 Å². The molecule has 2 heteroatoms. The second-order valence-corrected chi connectivity index (χ2v) is 6.11. The van der Waals surface area contributed by atoms with Crippen molar-refractivity contribution < 1.29 is 5.11 Å². The fourth-order valence-corrected chi connectivity index (χ4v) is 3.95. The molecule has 0 saturated heterocycles. The minimum absolute atomic E-state index is 0.0993. The van der Waals surface area contributed by atoms with E-state index in [2.05, 4.69) is 17.1 Å². The maximum atomic E-state index is 10.1. The summed E-state index contributed by atoms with van der Waals surface area (Å²) in [5, 5.41) is 10.1. The lowest BCUT2D eigenvalue weighted by atomic mass is 9.64. The van der Waals surface area contributed by atoms with Crippen molar-refractivity contribution in [3.63, 3.8) is 0 Å². The molecule has 0 aliphatic heterocycles. The van der Waals surface area contributed by atoms with Crippen molar-refractivity contribution in [1.29, 1.82) is 0 Å². The van der Waals surface area contributed by atoms with Crippen molar-refractivity contribution in [1.82, 2.24) is 4.98 Å². The quantitative estimate of drug-likeness (QED) is 0.877. The van der Waals surface area contributed by atoms with Crippen LogP contribution in [0.5, 0.6) is 0 Å². The molecule has 2 nitrogen and oxygen atoms in total. The predicted octanol–water partition coefficient (Wildman–Crippen LogP) is 3.67. The molecular weight excluding hydrogens is 234 g/mol. The van der Waals surface area contributed by atoms with Crippen molar-refractivity contribution in [2.24, 2.45) is 17.8 Å². The van der Waals surface area contributed by atoms with Gasteiger partial charge in [0.15, 0.2) is 0 Å². The summed E-state index contributed by atoms with van der Waals surface area (Å²) in [5.74, 6) is 2.07. The molecule has 0 spiro atoms. The normalized spacial score (nSPS) is 35.2. The van der Waals surface area contributed by atoms with Crippen molar-refractivity contribution in [2.45, 2.75) is 44.6 Å². The molecular formula is C17H23NO. The fourth-order valence-electron chi connectivity index (χ4n) is 3.95. The predicted molar refractivity (Wildman–Crippen MR) is 77.4 cm³/mol. The molecule has 0 unspecified atom stereocenters. The molecule has 19 heavy (non-hydrogen) atoms. The Morgan fingerprint density at radius 3 is 2.89 bits per heavy atom. The smallest absolute Gasteiger partial charge is 0.0626 e. The number of aromatic nitrogens is 1. The van der Waals surface area contributed by atoms with Crippen molar-refractivity contribution in [2.75, 3.05) is 0 Å². The molecule has 0 amide bonds. The van der Waals surface area contributed by atoms with Crippen LogP contribution in [0.1, 0.15) is 44.2 Å². The van der Waals surface area contributed by atoms with E-state index in [1.165, 1.54) is 25.7 Å². The summed E-state index contributed by atoms with van der Waals surface area (Å²) in [6, 6.07) is 6.00. The van der Waals surface area contributed by atoms with Crippen LogP contribution >= 0.6 is 0 Å². The van der Waals surface area contributed by atoms with Gasteiger partial charge in [-0.3, -0.25) is 4.98 Å². The van der Waals surface area contributed by atoms with Gasteiger partial charge < -0.3 is 5.11 Å². The second-order valence-electron chi connectivity index (χ2n) is 6.11. The summed E-state index contributed by atoms with van der Waals surface area (Å²) < 4.78 is 0. The Kier molecular flexibility index (Phi) is 3.97. The largest absolute Gasteiger partial charge is 0.393 e. The van der Waals surface area contributed by atoms with Crippen molar-refractivity contribution in [3.8, 4) is 0 Å². The number of pyridine rings is 1. The van der Waals surface area contributed by atoms with Gasteiger partial charge in [0.25, 0.3) is 0 Å². The van der Waals surface area contributed by atoms with Gasteiger partial charge in [-0.2, -0.15) is 0 Å². The van der Waals surface area contributed by atoms with Gasteiger partial charge in [-0.15, -0.1) is 0 Å². The summed E-state index contributed by atoms with van der Waals surface area (Å²) in [6.45, 7) is 0. The van der Waals surface area contributed by atoms with Gasteiger partial charge in [0.2, 0.25) is 0 Å². The molecule has 2 aliphatic rings. The standard InChI is InChI=1S/C17H23NO/c19-16-11-13-5-1-2-7-17(13)14(12-16)8-9-15-6-3-4-10-18-15/h3-4,6,8-10,13-14,16-17,19H,1-2,5,7,11-12H2/b9-8+/t13-,14+,16-,17+/m0/s1. The van der Waals surface area contributed by atoms with Gasteiger partial charge >= 0.3 is 0 Å². The van der Waals surface area contributed by atoms with Gasteiger partial charge in [0, 0.05) is 6.20 Å². The van der Waals surface area contributed by atoms with E-state index < -0.39 is 0 Å². The third kappa shape index (κ3) is 3.06. The van der Waals surface area contributed by atoms with Crippen LogP contribution in [-0.2, 0) is 0 Å². The molecule has 1 N–H and O–H groups in total. The Labute approximate surface area is 115 Å². The third-order valence-electron chi connectivity index (χ3n) is 4.84. The zero-order valence-electron chi connectivity index (χ0n) is 11.4. The molecule has 0 radical (unpaired) electrons. The zero-order valence-corrected chi connectivity index (χ0v) is 11.4. The first-order valence-corrected chi connectivity index (χ1v) is 7.60. The van der Waals surface area contributed by atoms with E-state index >= 15 is 0 Å². The molecule has 3 rings (SSSR count). The second kappa shape index (κ2) is 5.87. The summed E-state index contributed by atoms with van der Waals surface area (Å²) in [6.07, 6.45) is 13.5. The molecule has 2 aliphatic carbocycles. The summed E-state index contributed by atoms with van der Waals surface area (Å²) in [5.41, 5.74) is 1.02. The van der Waals surface area contributed by atoms with Crippen molar-refractivity contribution >= 4 is 6.08 Å². The lowest BCUT2D eigenvalue weighted by molar-refractivity contribution is 0.0232. The number of allylic oxidation sites excluding steroid dienone is 1. The number of rotatable bonds is 2. The van der Waals surface area contributed by atoms with E-state index in [0.29, 0.717) is 5.92 Å². The minimum Gasteiger partial charge on any atom is -0.393 e. The Morgan fingerprint density at radius 1 is 1.16 bits per heavy atom. The average molecular weight is 257 g/mol. The van der Waals surface area contributed by atoms with E-state index in [-0.39, 0.29) is 6.10 Å². The summed E-state index contributed by atoms with van der Waals surface area (Å²) >= 11 is 0. The number of aliphatic hydroxyl groups excluding tert-OH is 1. The average Bonchev–Trinajstić information content (AvgIpc) is 2.45. The highest BCUT2D eigenvalue weighted by molar-refractivity contribution is 5.44. The Morgan fingerprint density at radius 2 is 2.05 bits per heavy atom. The highest BCUT2D eigenvalue weighted by Gasteiger charge is 2.36. The molecule has 0 aromatic carbocycles. The van der Waals surface area contributed by atoms with Gasteiger partial charge in [-0.05, 0) is 55.2 Å². The number of fused-ring (bicyclic) bond motifs is 1. The van der Waals surface area contributed by atoms with Crippen LogP contribution in [0, 0.1) is 17.8 Å². The summed E-state index contributed by atoms with van der Waals surface area (Å²) in [7, 11) is 0. The molecule has 1 aromatic rings. The zero-order chi connectivity index (χ0) is 13.1. The maximum Gasteiger partial charge on any atom is 0.0626 e. The van der Waals surface area contributed by atoms with E-state index in [1.54, 1.807) is 0 Å². The molecule has 0 bridgehead atoms. The molecule has 1 aromatic heterocycles. The van der Waals surface area contributed by atoms with Crippen LogP contribution in [0.4, 0.5) is 0 Å². The highest BCUT2D eigenvalue weighted by atomic mass is 16.3. The number of hydrogen-bond acceptors (Lipinski definition) is 2. The van der Waals surface area contributed by atoms with Gasteiger partial charge in [-0.1, -0.05) is 31.4 Å². The van der Waals surface area contributed by atoms with Crippen LogP contribution in [0.15, 0.2) is 30.5 Å². The number of aliphatic hydroxyl groups is 1. The first-order chi connectivity index (χ1) is 9.33. The van der Waals surface area contributed by atoms with E-state index in [1.807, 2.05) is 24.4 Å². The third-order valence-corrected chi connectivity index (χ3v) is 4.84. The first-order valence-electron chi connectivity index (χ1n) is 7.60. The van der Waals surface area contributed by atoms with Gasteiger partial charge in [0.1, 0.15) is 0 Å². The van der Waals surface area contributed by atoms with Crippen LogP contribution in [0.3, 0.4) is 0 Å². The minimum atomic E-state index is -0.0993. The topological polar surface area (TPSA) is 33.1 Å². The Bertz CT molecular complexity index is 428. The van der Waals surface area contributed by atoms with Crippen molar-refractivity contribution in [3.05, 3.63) is 36.2 Å². The Hall–Kier alpha value is -1.15. The Balaban J connectivity index is 1.72. The van der Waals surface area contributed by atoms with E-state index in [9.17, 15) is 5.11 Å². The lowest BCUT2D eigenvalue weighted by Gasteiger charge is -2.42. The molecule has 2 saturated carbocycles. The fraction of sp³-hybridized carbons (Fsp3) is 0.588. The van der Waals surface area contributed by atoms with E-state index in [4.69, 9.17) is 0 Å². The molecule has 2 fully saturated rings. The lowest BCUT2D eigenvalue weighted by Crippen LogP contribution is -2.36. The highest BCUT2D eigenvalue weighted by Crippen LogP contribution is 2.44. The number of nitrogens with zero attached hydrogens (tertiary/aromatic N) is 1. The summed E-state index contributed by atoms with van der Waals surface area (Å²) in [4.78, 5) is 4.34. The van der Waals surface area contributed by atoms with Crippen LogP contribution < -0.4 is 0 Å². The van der Waals surface area contributed by atoms with Crippen LogP contribution in [-0.4, -0.2) is 16.2 Å². The number of hydrogen-bond donors (Lipinski definition) is 1. The molecule has 102 valence electrons.